The smallest absolute Gasteiger partial charge is 0.273 e. The summed E-state index contributed by atoms with van der Waals surface area (Å²) in [7, 11) is 0. The van der Waals surface area contributed by atoms with Crippen molar-refractivity contribution in [3.05, 3.63) is 52.0 Å². The van der Waals surface area contributed by atoms with E-state index in [-0.39, 0.29) is 5.91 Å². The Morgan fingerprint density at radius 3 is 2.62 bits per heavy atom. The van der Waals surface area contributed by atoms with Crippen LogP contribution in [0.25, 0.3) is 0 Å². The molecule has 24 heavy (non-hydrogen) atoms. The van der Waals surface area contributed by atoms with Crippen LogP contribution < -0.4 is 0 Å². The minimum Gasteiger partial charge on any atom is -0.337 e. The summed E-state index contributed by atoms with van der Waals surface area (Å²) in [6.45, 7) is 1.87. The van der Waals surface area contributed by atoms with Crippen LogP contribution in [0.1, 0.15) is 46.7 Å². The fourth-order valence-electron chi connectivity index (χ4n) is 4.18. The molecule has 1 amide bonds. The molecule has 4 heteroatoms. The van der Waals surface area contributed by atoms with Gasteiger partial charge in [0.05, 0.1) is 5.01 Å². The molecule has 1 saturated heterocycles. The Morgan fingerprint density at radius 2 is 1.88 bits per heavy atom. The normalized spacial score (nSPS) is 23.2. The first-order valence-corrected chi connectivity index (χ1v) is 9.93. The predicted molar refractivity (Wildman–Crippen MR) is 97.3 cm³/mol. The summed E-state index contributed by atoms with van der Waals surface area (Å²) in [5.41, 5.74) is 1.98. The molecule has 0 spiro atoms. The number of rotatable bonds is 4. The molecule has 0 unspecified atom stereocenters. The van der Waals surface area contributed by atoms with Crippen molar-refractivity contribution in [1.82, 2.24) is 9.88 Å². The van der Waals surface area contributed by atoms with Crippen molar-refractivity contribution in [2.75, 3.05) is 13.1 Å². The molecular weight excluding hydrogens is 316 g/mol. The maximum absolute atomic E-state index is 12.8. The van der Waals surface area contributed by atoms with E-state index in [9.17, 15) is 4.79 Å². The summed E-state index contributed by atoms with van der Waals surface area (Å²) in [5.74, 6) is 1.59. The van der Waals surface area contributed by atoms with E-state index in [0.29, 0.717) is 5.69 Å². The van der Waals surface area contributed by atoms with Gasteiger partial charge in [-0.05, 0) is 43.1 Å². The molecular formula is C20H24N2OS. The van der Waals surface area contributed by atoms with Crippen LogP contribution in [0.15, 0.2) is 35.7 Å². The van der Waals surface area contributed by atoms with Crippen LogP contribution in [-0.4, -0.2) is 28.9 Å². The van der Waals surface area contributed by atoms with Crippen molar-refractivity contribution in [3.8, 4) is 0 Å². The van der Waals surface area contributed by atoms with Gasteiger partial charge in [-0.2, -0.15) is 0 Å². The number of benzene rings is 1. The lowest BCUT2D eigenvalue weighted by atomic mass is 9.78. The van der Waals surface area contributed by atoms with Crippen LogP contribution in [0.5, 0.6) is 0 Å². The molecule has 4 rings (SSSR count). The first-order chi connectivity index (χ1) is 11.8. The zero-order chi connectivity index (χ0) is 16.4. The van der Waals surface area contributed by atoms with Gasteiger partial charge < -0.3 is 4.90 Å². The predicted octanol–water partition coefficient (Wildman–Crippen LogP) is 4.19. The standard InChI is InChI=1S/C20H24N2OS/c23-20(22-12-16-7-4-8-17(11-16)13-22)18-14-24-19(21-18)10-9-15-5-2-1-3-6-15/h1-3,5-6,14,16-17H,4,7-13H2/t16-,17-/m0/s1. The Bertz CT molecular complexity index is 685. The van der Waals surface area contributed by atoms with E-state index in [1.807, 2.05) is 11.4 Å². The highest BCUT2D eigenvalue weighted by molar-refractivity contribution is 7.09. The quantitative estimate of drug-likeness (QED) is 0.836. The second-order valence-corrected chi connectivity index (χ2v) is 8.16. The van der Waals surface area contributed by atoms with Gasteiger partial charge in [-0.1, -0.05) is 36.8 Å². The molecule has 3 nitrogen and oxygen atoms in total. The van der Waals surface area contributed by atoms with Crippen molar-refractivity contribution in [3.63, 3.8) is 0 Å². The highest BCUT2D eigenvalue weighted by Gasteiger charge is 2.33. The molecule has 0 radical (unpaired) electrons. The molecule has 1 aliphatic carbocycles. The summed E-state index contributed by atoms with van der Waals surface area (Å²) < 4.78 is 0. The first-order valence-electron chi connectivity index (χ1n) is 9.05. The number of carbonyl (C=O) groups is 1. The van der Waals surface area contributed by atoms with Gasteiger partial charge in [0.25, 0.3) is 5.91 Å². The number of fused-ring (bicyclic) bond motifs is 2. The topological polar surface area (TPSA) is 33.2 Å². The second kappa shape index (κ2) is 7.06. The van der Waals surface area contributed by atoms with Gasteiger partial charge in [-0.25, -0.2) is 4.98 Å². The highest BCUT2D eigenvalue weighted by Crippen LogP contribution is 2.34. The van der Waals surface area contributed by atoms with Gasteiger partial charge in [0.2, 0.25) is 0 Å². The number of piperidine rings is 1. The lowest BCUT2D eigenvalue weighted by Gasteiger charge is -2.41. The molecule has 2 aliphatic rings. The van der Waals surface area contributed by atoms with E-state index >= 15 is 0 Å². The maximum atomic E-state index is 12.8. The monoisotopic (exact) mass is 340 g/mol. The van der Waals surface area contributed by atoms with Crippen molar-refractivity contribution in [1.29, 1.82) is 0 Å². The van der Waals surface area contributed by atoms with Gasteiger partial charge in [-0.15, -0.1) is 11.3 Å². The highest BCUT2D eigenvalue weighted by atomic mass is 32.1. The van der Waals surface area contributed by atoms with E-state index in [4.69, 9.17) is 0 Å². The number of carbonyl (C=O) groups excluding carboxylic acids is 1. The molecule has 2 fully saturated rings. The molecule has 2 heterocycles. The minimum atomic E-state index is 0.147. The Hall–Kier alpha value is -1.68. The molecule has 2 bridgehead atoms. The number of likely N-dealkylation sites (tertiary alicyclic amines) is 1. The van der Waals surface area contributed by atoms with Crippen molar-refractivity contribution >= 4 is 17.2 Å². The third-order valence-corrected chi connectivity index (χ3v) is 6.29. The summed E-state index contributed by atoms with van der Waals surface area (Å²) in [6, 6.07) is 10.5. The van der Waals surface area contributed by atoms with Crippen LogP contribution in [0, 0.1) is 11.8 Å². The van der Waals surface area contributed by atoms with Crippen LogP contribution in [0.3, 0.4) is 0 Å². The third-order valence-electron chi connectivity index (χ3n) is 5.38. The average Bonchev–Trinajstić information content (AvgIpc) is 3.09. The van der Waals surface area contributed by atoms with Crippen molar-refractivity contribution in [2.45, 2.75) is 38.5 Å². The van der Waals surface area contributed by atoms with Crippen LogP contribution >= 0.6 is 11.3 Å². The van der Waals surface area contributed by atoms with Gasteiger partial charge in [0.1, 0.15) is 5.69 Å². The number of amides is 1. The molecule has 2 atom stereocenters. The van der Waals surface area contributed by atoms with E-state index in [1.54, 1.807) is 11.3 Å². The van der Waals surface area contributed by atoms with E-state index < -0.39 is 0 Å². The van der Waals surface area contributed by atoms with E-state index in [2.05, 4.69) is 34.1 Å². The summed E-state index contributed by atoms with van der Waals surface area (Å²) in [5, 5.41) is 3.02. The van der Waals surface area contributed by atoms with Crippen LogP contribution in [0.4, 0.5) is 0 Å². The molecule has 1 aliphatic heterocycles. The maximum Gasteiger partial charge on any atom is 0.273 e. The number of hydrogen-bond acceptors (Lipinski definition) is 3. The van der Waals surface area contributed by atoms with Crippen molar-refractivity contribution in [2.24, 2.45) is 11.8 Å². The summed E-state index contributed by atoms with van der Waals surface area (Å²) in [4.78, 5) is 19.5. The van der Waals surface area contributed by atoms with E-state index in [0.717, 1.165) is 42.8 Å². The average molecular weight is 340 g/mol. The molecule has 1 aromatic carbocycles. The molecule has 126 valence electrons. The Labute approximate surface area is 147 Å². The fourth-order valence-corrected chi connectivity index (χ4v) is 4.95. The zero-order valence-corrected chi connectivity index (χ0v) is 14.8. The summed E-state index contributed by atoms with van der Waals surface area (Å²) >= 11 is 1.62. The number of thiazole rings is 1. The second-order valence-electron chi connectivity index (χ2n) is 7.22. The first kappa shape index (κ1) is 15.8. The Morgan fingerprint density at radius 1 is 1.12 bits per heavy atom. The lowest BCUT2D eigenvalue weighted by molar-refractivity contribution is 0.0499. The molecule has 1 saturated carbocycles. The van der Waals surface area contributed by atoms with Gasteiger partial charge in [0.15, 0.2) is 0 Å². The fraction of sp³-hybridized carbons (Fsp3) is 0.500. The lowest BCUT2D eigenvalue weighted by Crippen LogP contribution is -2.45. The minimum absolute atomic E-state index is 0.147. The summed E-state index contributed by atoms with van der Waals surface area (Å²) in [6.07, 6.45) is 7.14. The number of nitrogens with zero attached hydrogens (tertiary/aromatic N) is 2. The van der Waals surface area contributed by atoms with Gasteiger partial charge in [0, 0.05) is 24.9 Å². The number of aromatic nitrogens is 1. The molecule has 1 aromatic heterocycles. The van der Waals surface area contributed by atoms with Crippen LogP contribution in [-0.2, 0) is 12.8 Å². The number of aryl methyl sites for hydroxylation is 2. The Balaban J connectivity index is 1.38. The third kappa shape index (κ3) is 3.54. The van der Waals surface area contributed by atoms with Crippen LogP contribution in [0.2, 0.25) is 0 Å². The molecule has 0 N–H and O–H groups in total. The molecule has 2 aromatic rings. The van der Waals surface area contributed by atoms with Crippen molar-refractivity contribution < 1.29 is 4.79 Å². The zero-order valence-electron chi connectivity index (χ0n) is 14.0. The van der Waals surface area contributed by atoms with Gasteiger partial charge in [-0.3, -0.25) is 4.79 Å². The number of hydrogen-bond donors (Lipinski definition) is 0. The SMILES string of the molecule is O=C(c1csc(CCc2ccccc2)n1)N1C[C@H]2CCC[C@@H](C2)C1. The van der Waals surface area contributed by atoms with E-state index in [1.165, 1.54) is 31.2 Å². The van der Waals surface area contributed by atoms with Gasteiger partial charge >= 0.3 is 0 Å². The largest absolute Gasteiger partial charge is 0.337 e. The Kier molecular flexibility index (Phi) is 4.65.